The minimum Gasteiger partial charge on any atom is -0.469 e. The molecule has 0 spiro atoms. The van der Waals surface area contributed by atoms with Gasteiger partial charge in [-0.2, -0.15) is 0 Å². The number of rotatable bonds is 9. The smallest absolute Gasteiger partial charge is 0.307 e. The minimum absolute atomic E-state index is 0.0607. The molecule has 0 aliphatic heterocycles. The van der Waals surface area contributed by atoms with Crippen LogP contribution >= 0.6 is 11.6 Å². The van der Waals surface area contributed by atoms with Crippen LogP contribution in [-0.4, -0.2) is 38.6 Å². The number of nitrogens with one attached hydrogen (secondary N) is 1. The van der Waals surface area contributed by atoms with Gasteiger partial charge in [-0.3, -0.25) is 9.78 Å². The van der Waals surface area contributed by atoms with Gasteiger partial charge >= 0.3 is 5.97 Å². The molecule has 1 atom stereocenters. The van der Waals surface area contributed by atoms with Crippen LogP contribution in [-0.2, 0) is 15.1 Å². The molecule has 3 heterocycles. The van der Waals surface area contributed by atoms with Crippen LogP contribution in [0.2, 0.25) is 5.15 Å². The van der Waals surface area contributed by atoms with Gasteiger partial charge in [0.1, 0.15) is 16.2 Å². The number of hydrogen-bond donors (Lipinski definition) is 1. The molecule has 3 aromatic heterocycles. The minimum atomic E-state index is -0.887. The van der Waals surface area contributed by atoms with E-state index in [4.69, 9.17) is 26.3 Å². The van der Waals surface area contributed by atoms with Gasteiger partial charge in [0.15, 0.2) is 11.5 Å². The number of fused-ring (bicyclic) bond motifs is 1. The molecule has 0 amide bonds. The summed E-state index contributed by atoms with van der Waals surface area (Å²) in [5.74, 6) is -0.938. The fourth-order valence-corrected chi connectivity index (χ4v) is 6.21. The summed E-state index contributed by atoms with van der Waals surface area (Å²) in [6.07, 6.45) is 4.73. The number of pyridine rings is 1. The number of halogens is 2. The molecule has 0 radical (unpaired) electrons. The van der Waals surface area contributed by atoms with Gasteiger partial charge in [-0.15, -0.1) is 0 Å². The van der Waals surface area contributed by atoms with E-state index >= 15 is 4.39 Å². The molecule has 0 bridgehead atoms. The average Bonchev–Trinajstić information content (AvgIpc) is 3.45. The second-order valence-electron chi connectivity index (χ2n) is 12.5. The molecular formula is C38H35ClFN5O2. The number of ether oxygens (including phenoxy) is 1. The molecule has 1 N–H and O–H groups in total. The van der Waals surface area contributed by atoms with E-state index in [0.717, 1.165) is 16.7 Å². The van der Waals surface area contributed by atoms with Gasteiger partial charge in [0.05, 0.1) is 37.3 Å². The zero-order valence-corrected chi connectivity index (χ0v) is 27.4. The number of carbonyl (C=O) groups is 1. The number of aromatic nitrogens is 4. The molecule has 0 saturated carbocycles. The summed E-state index contributed by atoms with van der Waals surface area (Å²) in [4.78, 5) is 26.3. The van der Waals surface area contributed by atoms with Crippen LogP contribution < -0.4 is 5.32 Å². The predicted octanol–water partition coefficient (Wildman–Crippen LogP) is 8.52. The highest BCUT2D eigenvalue weighted by molar-refractivity contribution is 6.29. The third-order valence-corrected chi connectivity index (χ3v) is 8.69. The van der Waals surface area contributed by atoms with E-state index in [9.17, 15) is 4.79 Å². The maximum absolute atomic E-state index is 15.4. The molecular weight excluding hydrogens is 613 g/mol. The van der Waals surface area contributed by atoms with Gasteiger partial charge in [-0.1, -0.05) is 123 Å². The molecule has 0 saturated heterocycles. The molecule has 0 fully saturated rings. The molecule has 47 heavy (non-hydrogen) atoms. The van der Waals surface area contributed by atoms with Crippen LogP contribution in [0, 0.1) is 11.2 Å². The molecule has 3 aromatic carbocycles. The van der Waals surface area contributed by atoms with Crippen molar-refractivity contribution in [3.63, 3.8) is 0 Å². The fraction of sp³-hybridized carbons (Fsp3) is 0.211. The number of hydrogen-bond acceptors (Lipinski definition) is 6. The third kappa shape index (κ3) is 6.09. The highest BCUT2D eigenvalue weighted by Gasteiger charge is 2.40. The van der Waals surface area contributed by atoms with Gasteiger partial charge in [0.2, 0.25) is 0 Å². The number of methoxy groups -OCH3 is 1. The lowest BCUT2D eigenvalue weighted by molar-refractivity contribution is -0.141. The monoisotopic (exact) mass is 647 g/mol. The third-order valence-electron chi connectivity index (χ3n) is 8.51. The summed E-state index contributed by atoms with van der Waals surface area (Å²) in [6, 6.07) is 31.9. The van der Waals surface area contributed by atoms with Crippen LogP contribution in [0.4, 0.5) is 10.1 Å². The van der Waals surface area contributed by atoms with Crippen molar-refractivity contribution in [2.75, 3.05) is 12.4 Å². The van der Waals surface area contributed by atoms with Crippen molar-refractivity contribution < 1.29 is 13.9 Å². The van der Waals surface area contributed by atoms with Gasteiger partial charge in [-0.25, -0.2) is 14.4 Å². The Hall–Kier alpha value is -5.08. The number of anilines is 1. The highest BCUT2D eigenvalue weighted by atomic mass is 35.5. The zero-order valence-electron chi connectivity index (χ0n) is 26.6. The van der Waals surface area contributed by atoms with E-state index in [0.29, 0.717) is 22.4 Å². The predicted molar refractivity (Wildman–Crippen MR) is 184 cm³/mol. The first-order valence-corrected chi connectivity index (χ1v) is 15.7. The zero-order chi connectivity index (χ0) is 33.2. The molecule has 6 aromatic rings. The summed E-state index contributed by atoms with van der Waals surface area (Å²) in [6.45, 7) is 5.94. The Balaban J connectivity index is 1.62. The Kier molecular flexibility index (Phi) is 8.80. The summed E-state index contributed by atoms with van der Waals surface area (Å²) < 4.78 is 22.4. The van der Waals surface area contributed by atoms with Crippen LogP contribution in [0.25, 0.3) is 22.4 Å². The van der Waals surface area contributed by atoms with Crippen LogP contribution in [0.15, 0.2) is 116 Å². The standard InChI is InChI=1S/C38H35ClFN5O2/c1-37(2,3)32(21-34(46)47-4)43-31-20-30(41-22-29(31)40)28-24-45(36-35(28)44-33(39)23-42-36)38(25-14-8-5-9-15-25,26-16-10-6-11-17-26)27-18-12-7-13-19-27/h5-20,22-24,32H,21H2,1-4H3,(H,41,43). The largest absolute Gasteiger partial charge is 0.469 e. The lowest BCUT2D eigenvalue weighted by Crippen LogP contribution is -2.37. The van der Waals surface area contributed by atoms with E-state index < -0.39 is 17.4 Å². The number of benzene rings is 3. The summed E-state index contributed by atoms with van der Waals surface area (Å²) in [5, 5.41) is 3.47. The van der Waals surface area contributed by atoms with E-state index in [1.807, 2.05) is 81.6 Å². The summed E-state index contributed by atoms with van der Waals surface area (Å²) in [5.41, 5.74) is 4.09. The van der Waals surface area contributed by atoms with Crippen molar-refractivity contribution in [2.45, 2.75) is 38.8 Å². The lowest BCUT2D eigenvalue weighted by atomic mass is 9.76. The average molecular weight is 648 g/mol. The SMILES string of the molecule is COC(=O)CC(Nc1cc(-c2cn(C(c3ccccc3)(c3ccccc3)c3ccccc3)c3ncc(Cl)nc23)ncc1F)C(C)(C)C. The van der Waals surface area contributed by atoms with Crippen molar-refractivity contribution in [3.05, 3.63) is 143 Å². The highest BCUT2D eigenvalue weighted by Crippen LogP contribution is 2.44. The summed E-state index contributed by atoms with van der Waals surface area (Å²) >= 11 is 6.47. The van der Waals surface area contributed by atoms with Crippen molar-refractivity contribution in [1.29, 1.82) is 0 Å². The maximum atomic E-state index is 15.4. The van der Waals surface area contributed by atoms with Gasteiger partial charge < -0.3 is 14.6 Å². The van der Waals surface area contributed by atoms with Crippen molar-refractivity contribution in [1.82, 2.24) is 19.5 Å². The number of carbonyl (C=O) groups excluding carboxylic acids is 1. The van der Waals surface area contributed by atoms with Crippen LogP contribution in [0.3, 0.4) is 0 Å². The lowest BCUT2D eigenvalue weighted by Gasteiger charge is -2.38. The first-order valence-electron chi connectivity index (χ1n) is 15.3. The Bertz CT molecular complexity index is 1910. The second kappa shape index (κ2) is 13.0. The molecule has 1 unspecified atom stereocenters. The van der Waals surface area contributed by atoms with Crippen molar-refractivity contribution >= 4 is 34.4 Å². The Labute approximate surface area is 278 Å². The first-order chi connectivity index (χ1) is 22.6. The van der Waals surface area contributed by atoms with E-state index in [1.54, 1.807) is 6.07 Å². The molecule has 6 rings (SSSR count). The molecule has 7 nitrogen and oxygen atoms in total. The van der Waals surface area contributed by atoms with Crippen LogP contribution in [0.5, 0.6) is 0 Å². The number of esters is 1. The van der Waals surface area contributed by atoms with Crippen molar-refractivity contribution in [3.8, 4) is 11.3 Å². The Morgan fingerprint density at radius 1 is 0.894 bits per heavy atom. The first kappa shape index (κ1) is 31.9. The van der Waals surface area contributed by atoms with E-state index in [-0.39, 0.29) is 28.6 Å². The quantitative estimate of drug-likeness (QED) is 0.125. The molecule has 9 heteroatoms. The number of nitrogens with zero attached hydrogens (tertiary/aromatic N) is 4. The molecule has 0 aliphatic carbocycles. The van der Waals surface area contributed by atoms with Crippen LogP contribution in [0.1, 0.15) is 43.9 Å². The molecule has 238 valence electrons. The Morgan fingerprint density at radius 3 is 1.96 bits per heavy atom. The maximum Gasteiger partial charge on any atom is 0.307 e. The van der Waals surface area contributed by atoms with Crippen molar-refractivity contribution in [2.24, 2.45) is 5.41 Å². The van der Waals surface area contributed by atoms with E-state index in [1.165, 1.54) is 19.5 Å². The second-order valence-corrected chi connectivity index (χ2v) is 12.9. The normalized spacial score (nSPS) is 12.6. The fourth-order valence-electron chi connectivity index (χ4n) is 6.08. The van der Waals surface area contributed by atoms with Gasteiger partial charge in [0, 0.05) is 17.8 Å². The van der Waals surface area contributed by atoms with E-state index in [2.05, 4.69) is 51.3 Å². The Morgan fingerprint density at radius 2 is 1.45 bits per heavy atom. The van der Waals surface area contributed by atoms with Gasteiger partial charge in [-0.05, 0) is 28.2 Å². The molecule has 0 aliphatic rings. The topological polar surface area (TPSA) is 81.9 Å². The van der Waals surface area contributed by atoms with Gasteiger partial charge in [0.25, 0.3) is 0 Å². The summed E-state index contributed by atoms with van der Waals surface area (Å²) in [7, 11) is 1.34.